The summed E-state index contributed by atoms with van der Waals surface area (Å²) in [5.41, 5.74) is 3.14. The van der Waals surface area contributed by atoms with Crippen molar-refractivity contribution in [2.24, 2.45) is 0 Å². The standard InChI is InChI=1S/C18H17N5O/c24-18(16-11-19-10-13-6-4-5-9-15(13)16)20-17-12-23(22-21-17)14-7-2-1-3-8-14/h1-9,12,16,19H,10-11H2,(H,20,24). The van der Waals surface area contributed by atoms with Crippen LogP contribution in [0.3, 0.4) is 0 Å². The summed E-state index contributed by atoms with van der Waals surface area (Å²) in [6.07, 6.45) is 1.72. The Hall–Kier alpha value is -2.99. The summed E-state index contributed by atoms with van der Waals surface area (Å²) in [6, 6.07) is 17.7. The number of benzene rings is 2. The van der Waals surface area contributed by atoms with Crippen molar-refractivity contribution >= 4 is 11.7 Å². The normalized spacial score (nSPS) is 16.4. The van der Waals surface area contributed by atoms with Gasteiger partial charge in [-0.25, -0.2) is 4.68 Å². The van der Waals surface area contributed by atoms with Gasteiger partial charge >= 0.3 is 0 Å². The Kier molecular flexibility index (Phi) is 3.80. The summed E-state index contributed by atoms with van der Waals surface area (Å²) < 4.78 is 1.64. The van der Waals surface area contributed by atoms with Crippen LogP contribution in [0.5, 0.6) is 0 Å². The molecular weight excluding hydrogens is 302 g/mol. The molecule has 0 spiro atoms. The second-order valence-corrected chi connectivity index (χ2v) is 5.76. The topological polar surface area (TPSA) is 71.8 Å². The average molecular weight is 319 g/mol. The van der Waals surface area contributed by atoms with Gasteiger partial charge in [0.1, 0.15) is 0 Å². The van der Waals surface area contributed by atoms with E-state index in [1.54, 1.807) is 10.9 Å². The zero-order valence-corrected chi connectivity index (χ0v) is 13.0. The van der Waals surface area contributed by atoms with Gasteiger partial charge in [0, 0.05) is 13.1 Å². The van der Waals surface area contributed by atoms with Crippen LogP contribution in [-0.4, -0.2) is 27.4 Å². The van der Waals surface area contributed by atoms with Gasteiger partial charge in [0.2, 0.25) is 5.91 Å². The Morgan fingerprint density at radius 3 is 2.79 bits per heavy atom. The molecule has 0 bridgehead atoms. The predicted molar refractivity (Wildman–Crippen MR) is 90.9 cm³/mol. The van der Waals surface area contributed by atoms with E-state index in [4.69, 9.17) is 0 Å². The Bertz CT molecular complexity index is 859. The lowest BCUT2D eigenvalue weighted by atomic mass is 9.90. The molecule has 1 aliphatic heterocycles. The fourth-order valence-electron chi connectivity index (χ4n) is 2.97. The van der Waals surface area contributed by atoms with E-state index in [9.17, 15) is 4.79 Å². The van der Waals surface area contributed by atoms with E-state index < -0.39 is 0 Å². The van der Waals surface area contributed by atoms with Crippen molar-refractivity contribution in [3.8, 4) is 5.69 Å². The van der Waals surface area contributed by atoms with E-state index in [0.29, 0.717) is 12.4 Å². The maximum atomic E-state index is 12.6. The summed E-state index contributed by atoms with van der Waals surface area (Å²) in [4.78, 5) is 12.6. The number of para-hydroxylation sites is 1. The highest BCUT2D eigenvalue weighted by Gasteiger charge is 2.26. The zero-order chi connectivity index (χ0) is 16.4. The summed E-state index contributed by atoms with van der Waals surface area (Å²) >= 11 is 0. The molecule has 0 radical (unpaired) electrons. The van der Waals surface area contributed by atoms with E-state index in [0.717, 1.165) is 23.4 Å². The van der Waals surface area contributed by atoms with Crippen LogP contribution >= 0.6 is 0 Å². The van der Waals surface area contributed by atoms with Gasteiger partial charge in [-0.15, -0.1) is 5.10 Å². The average Bonchev–Trinajstić information content (AvgIpc) is 3.10. The molecule has 24 heavy (non-hydrogen) atoms. The molecule has 2 aromatic carbocycles. The number of aromatic nitrogens is 3. The molecule has 0 fully saturated rings. The van der Waals surface area contributed by atoms with Crippen LogP contribution in [0.4, 0.5) is 5.82 Å². The number of amides is 1. The highest BCUT2D eigenvalue weighted by atomic mass is 16.2. The first-order chi connectivity index (χ1) is 11.8. The Balaban J connectivity index is 1.53. The van der Waals surface area contributed by atoms with Gasteiger partial charge in [0.15, 0.2) is 5.82 Å². The minimum Gasteiger partial charge on any atom is -0.312 e. The molecule has 6 heteroatoms. The predicted octanol–water partition coefficient (Wildman–Crippen LogP) is 2.09. The van der Waals surface area contributed by atoms with Gasteiger partial charge in [0.05, 0.1) is 17.8 Å². The molecule has 0 saturated heterocycles. The zero-order valence-electron chi connectivity index (χ0n) is 13.0. The Morgan fingerprint density at radius 1 is 1.12 bits per heavy atom. The summed E-state index contributed by atoms with van der Waals surface area (Å²) in [7, 11) is 0. The van der Waals surface area contributed by atoms with Gasteiger partial charge in [-0.05, 0) is 23.3 Å². The number of rotatable bonds is 3. The van der Waals surface area contributed by atoms with E-state index in [-0.39, 0.29) is 11.8 Å². The van der Waals surface area contributed by atoms with Crippen molar-refractivity contribution in [3.05, 3.63) is 71.9 Å². The first kappa shape index (κ1) is 14.6. The number of carbonyl (C=O) groups excluding carboxylic acids is 1. The van der Waals surface area contributed by atoms with Crippen LogP contribution in [0.1, 0.15) is 17.0 Å². The molecule has 3 aromatic rings. The van der Waals surface area contributed by atoms with Crippen molar-refractivity contribution in [2.75, 3.05) is 11.9 Å². The second kappa shape index (κ2) is 6.25. The highest BCUT2D eigenvalue weighted by Crippen LogP contribution is 2.25. The van der Waals surface area contributed by atoms with Crippen LogP contribution in [0.25, 0.3) is 5.69 Å². The van der Waals surface area contributed by atoms with Gasteiger partial charge in [-0.1, -0.05) is 47.7 Å². The molecule has 4 rings (SSSR count). The van der Waals surface area contributed by atoms with Crippen molar-refractivity contribution in [2.45, 2.75) is 12.5 Å². The molecule has 0 saturated carbocycles. The van der Waals surface area contributed by atoms with E-state index in [2.05, 4.69) is 20.9 Å². The van der Waals surface area contributed by atoms with Crippen LogP contribution in [-0.2, 0) is 11.3 Å². The van der Waals surface area contributed by atoms with Crippen LogP contribution in [0, 0.1) is 0 Å². The number of nitrogens with zero attached hydrogens (tertiary/aromatic N) is 3. The molecule has 0 aliphatic carbocycles. The van der Waals surface area contributed by atoms with Gasteiger partial charge in [-0.3, -0.25) is 4.79 Å². The SMILES string of the molecule is O=C(Nc1cn(-c2ccccc2)nn1)C1CNCc2ccccc21. The Morgan fingerprint density at radius 2 is 1.92 bits per heavy atom. The van der Waals surface area contributed by atoms with E-state index >= 15 is 0 Å². The third-order valence-electron chi connectivity index (χ3n) is 4.18. The van der Waals surface area contributed by atoms with Gasteiger partial charge < -0.3 is 10.6 Å². The molecule has 2 N–H and O–H groups in total. The fourth-order valence-corrected chi connectivity index (χ4v) is 2.97. The van der Waals surface area contributed by atoms with E-state index in [1.807, 2.05) is 54.6 Å². The largest absolute Gasteiger partial charge is 0.312 e. The van der Waals surface area contributed by atoms with Gasteiger partial charge in [0.25, 0.3) is 0 Å². The first-order valence-corrected chi connectivity index (χ1v) is 7.88. The number of nitrogens with one attached hydrogen (secondary N) is 2. The minimum absolute atomic E-state index is 0.0743. The first-order valence-electron chi connectivity index (χ1n) is 7.88. The minimum atomic E-state index is -0.225. The lowest BCUT2D eigenvalue weighted by Gasteiger charge is -2.25. The van der Waals surface area contributed by atoms with Crippen molar-refractivity contribution < 1.29 is 4.79 Å². The third-order valence-corrected chi connectivity index (χ3v) is 4.18. The molecule has 1 amide bonds. The quantitative estimate of drug-likeness (QED) is 0.775. The van der Waals surface area contributed by atoms with Crippen LogP contribution < -0.4 is 10.6 Å². The smallest absolute Gasteiger partial charge is 0.234 e. The maximum absolute atomic E-state index is 12.6. The second-order valence-electron chi connectivity index (χ2n) is 5.76. The third kappa shape index (κ3) is 2.79. The maximum Gasteiger partial charge on any atom is 0.234 e. The molecule has 1 unspecified atom stereocenters. The monoisotopic (exact) mass is 319 g/mol. The summed E-state index contributed by atoms with van der Waals surface area (Å²) in [5, 5.41) is 14.3. The molecule has 1 atom stereocenters. The molecular formula is C18H17N5O. The number of anilines is 1. The van der Waals surface area contributed by atoms with Crippen LogP contribution in [0.2, 0.25) is 0 Å². The molecule has 6 nitrogen and oxygen atoms in total. The van der Waals surface area contributed by atoms with E-state index in [1.165, 1.54) is 0 Å². The fraction of sp³-hybridized carbons (Fsp3) is 0.167. The number of carbonyl (C=O) groups is 1. The summed E-state index contributed by atoms with van der Waals surface area (Å²) in [5.74, 6) is 0.151. The highest BCUT2D eigenvalue weighted by molar-refractivity contribution is 5.95. The number of fused-ring (bicyclic) bond motifs is 1. The van der Waals surface area contributed by atoms with Crippen molar-refractivity contribution in [3.63, 3.8) is 0 Å². The lowest BCUT2D eigenvalue weighted by molar-refractivity contribution is -0.117. The van der Waals surface area contributed by atoms with Crippen molar-refractivity contribution in [1.29, 1.82) is 0 Å². The number of hydrogen-bond acceptors (Lipinski definition) is 4. The van der Waals surface area contributed by atoms with Crippen molar-refractivity contribution in [1.82, 2.24) is 20.3 Å². The molecule has 2 heterocycles. The molecule has 1 aliphatic rings. The van der Waals surface area contributed by atoms with Gasteiger partial charge in [-0.2, -0.15) is 0 Å². The lowest BCUT2D eigenvalue weighted by Crippen LogP contribution is -2.35. The molecule has 120 valence electrons. The number of hydrogen-bond donors (Lipinski definition) is 2. The Labute approximate surface area is 139 Å². The summed E-state index contributed by atoms with van der Waals surface area (Å²) in [6.45, 7) is 1.42. The van der Waals surface area contributed by atoms with Crippen LogP contribution in [0.15, 0.2) is 60.8 Å². The molecule has 1 aromatic heterocycles.